The number of hydrogen-bond donors (Lipinski definition) is 0. The van der Waals surface area contributed by atoms with Gasteiger partial charge in [-0.3, -0.25) is 0 Å². The molecule has 2 rings (SSSR count). The number of halogens is 2. The van der Waals surface area contributed by atoms with Gasteiger partial charge in [0.15, 0.2) is 0 Å². The predicted molar refractivity (Wildman–Crippen MR) is 67.6 cm³/mol. The molecule has 1 fully saturated rings. The molecule has 0 saturated carbocycles. The van der Waals surface area contributed by atoms with E-state index < -0.39 is 24.9 Å². The van der Waals surface area contributed by atoms with Gasteiger partial charge in [0.25, 0.3) is 0 Å². The van der Waals surface area contributed by atoms with Gasteiger partial charge in [-0.15, -0.1) is 0 Å². The number of hydrogen-bond acceptors (Lipinski definition) is 3. The largest absolute Gasteiger partial charge is 0.494 e. The Morgan fingerprint density at radius 1 is 1.16 bits per heavy atom. The first-order valence-corrected chi connectivity index (χ1v) is 6.03. The summed E-state index contributed by atoms with van der Waals surface area (Å²) < 4.78 is 40.3. The second-order valence-corrected chi connectivity index (χ2v) is 5.47. The van der Waals surface area contributed by atoms with Gasteiger partial charge >= 0.3 is 13.7 Å². The topological polar surface area (TPSA) is 27.7 Å². The Morgan fingerprint density at radius 2 is 1.74 bits per heavy atom. The summed E-state index contributed by atoms with van der Waals surface area (Å²) in [6.07, 6.45) is 0. The molecule has 0 aromatic heterocycles. The van der Waals surface area contributed by atoms with Crippen LogP contribution in [0.5, 0.6) is 5.75 Å². The second-order valence-electron chi connectivity index (χ2n) is 5.47. The van der Waals surface area contributed by atoms with Crippen LogP contribution in [0.4, 0.5) is 8.78 Å². The highest BCUT2D eigenvalue weighted by Crippen LogP contribution is 2.36. The van der Waals surface area contributed by atoms with Crippen molar-refractivity contribution >= 4 is 12.6 Å². The van der Waals surface area contributed by atoms with Crippen molar-refractivity contribution in [2.75, 3.05) is 0 Å². The highest BCUT2D eigenvalue weighted by molar-refractivity contribution is 6.62. The standard InChI is InChI=1S/C13H16BF2O3/c1-12(2)13(3,4)19-14(18-12)9-6-5-7-10(8-9)17-11(15)16/h6-8,11H,1-4H3. The predicted octanol–water partition coefficient (Wildman–Crippen LogP) is 2.39. The molecule has 1 aliphatic heterocycles. The zero-order chi connectivity index (χ0) is 14.3. The van der Waals surface area contributed by atoms with Gasteiger partial charge in [-0.2, -0.15) is 8.78 Å². The third-order valence-electron chi connectivity index (χ3n) is 3.54. The molecule has 1 radical (unpaired) electrons. The van der Waals surface area contributed by atoms with E-state index in [9.17, 15) is 8.78 Å². The van der Waals surface area contributed by atoms with Crippen LogP contribution in [0.3, 0.4) is 0 Å². The summed E-state index contributed by atoms with van der Waals surface area (Å²) >= 11 is 0. The normalized spacial score (nSPS) is 20.9. The van der Waals surface area contributed by atoms with Crippen molar-refractivity contribution in [2.45, 2.75) is 45.5 Å². The fourth-order valence-electron chi connectivity index (χ4n) is 1.75. The van der Waals surface area contributed by atoms with Crippen molar-refractivity contribution < 1.29 is 22.8 Å². The SMILES string of the molecule is CC1(C)OB(c2c[c]cc(OC(F)F)c2)OC1(C)C. The Morgan fingerprint density at radius 3 is 2.26 bits per heavy atom. The molecule has 19 heavy (non-hydrogen) atoms. The molecule has 6 heteroatoms. The molecule has 103 valence electrons. The lowest BCUT2D eigenvalue weighted by molar-refractivity contribution is -0.0498. The maximum atomic E-state index is 12.2. The molecular formula is C13H16BF2O3. The fraction of sp³-hybridized carbons (Fsp3) is 0.538. The molecule has 0 amide bonds. The summed E-state index contributed by atoms with van der Waals surface area (Å²) in [7, 11) is -0.609. The number of benzene rings is 1. The molecule has 0 bridgehead atoms. The molecule has 1 heterocycles. The number of rotatable bonds is 3. The van der Waals surface area contributed by atoms with Gasteiger partial charge in [-0.1, -0.05) is 6.07 Å². The van der Waals surface area contributed by atoms with Crippen LogP contribution in [0.1, 0.15) is 27.7 Å². The summed E-state index contributed by atoms with van der Waals surface area (Å²) in [5.41, 5.74) is -0.342. The molecule has 0 aliphatic carbocycles. The van der Waals surface area contributed by atoms with Crippen molar-refractivity contribution in [1.29, 1.82) is 0 Å². The van der Waals surface area contributed by atoms with Gasteiger partial charge in [0.1, 0.15) is 5.75 Å². The average Bonchev–Trinajstić information content (AvgIpc) is 2.47. The highest BCUT2D eigenvalue weighted by atomic mass is 19.3. The third kappa shape index (κ3) is 2.90. The summed E-state index contributed by atoms with van der Waals surface area (Å²) in [5, 5.41) is 0. The van der Waals surface area contributed by atoms with Crippen molar-refractivity contribution in [3.05, 3.63) is 24.3 Å². The van der Waals surface area contributed by atoms with Crippen LogP contribution in [0, 0.1) is 6.07 Å². The van der Waals surface area contributed by atoms with E-state index in [1.54, 1.807) is 6.07 Å². The number of ether oxygens (including phenoxy) is 1. The maximum Gasteiger partial charge on any atom is 0.494 e. The van der Waals surface area contributed by atoms with Crippen molar-refractivity contribution in [3.8, 4) is 5.75 Å². The van der Waals surface area contributed by atoms with E-state index in [1.165, 1.54) is 12.1 Å². The molecular weight excluding hydrogens is 253 g/mol. The van der Waals surface area contributed by atoms with E-state index in [0.29, 0.717) is 5.46 Å². The van der Waals surface area contributed by atoms with E-state index >= 15 is 0 Å². The van der Waals surface area contributed by atoms with Gasteiger partial charge in [-0.25, -0.2) is 0 Å². The fourth-order valence-corrected chi connectivity index (χ4v) is 1.75. The zero-order valence-electron chi connectivity index (χ0n) is 11.4. The van der Waals surface area contributed by atoms with E-state index in [1.807, 2.05) is 27.7 Å². The monoisotopic (exact) mass is 269 g/mol. The zero-order valence-corrected chi connectivity index (χ0v) is 11.4. The Labute approximate surface area is 112 Å². The third-order valence-corrected chi connectivity index (χ3v) is 3.54. The lowest BCUT2D eigenvalue weighted by Gasteiger charge is -2.32. The van der Waals surface area contributed by atoms with E-state index in [2.05, 4.69) is 10.8 Å². The average molecular weight is 269 g/mol. The van der Waals surface area contributed by atoms with Gasteiger partial charge in [0.2, 0.25) is 0 Å². The quantitative estimate of drug-likeness (QED) is 0.788. The van der Waals surface area contributed by atoms with Crippen LogP contribution in [-0.2, 0) is 9.31 Å². The summed E-state index contributed by atoms with van der Waals surface area (Å²) in [6.45, 7) is 4.85. The summed E-state index contributed by atoms with van der Waals surface area (Å²) in [5.74, 6) is 0.0437. The first kappa shape index (κ1) is 14.3. The molecule has 1 aromatic rings. The first-order valence-electron chi connectivity index (χ1n) is 6.03. The van der Waals surface area contributed by atoms with E-state index in [-0.39, 0.29) is 5.75 Å². The minimum Gasteiger partial charge on any atom is -0.435 e. The van der Waals surface area contributed by atoms with Crippen LogP contribution in [0.2, 0.25) is 0 Å². The molecule has 0 spiro atoms. The minimum atomic E-state index is -2.86. The Balaban J connectivity index is 2.20. The molecule has 1 saturated heterocycles. The molecule has 1 aliphatic rings. The van der Waals surface area contributed by atoms with Crippen molar-refractivity contribution in [1.82, 2.24) is 0 Å². The Hall–Kier alpha value is -1.14. The van der Waals surface area contributed by atoms with E-state index in [0.717, 1.165) is 0 Å². The van der Waals surface area contributed by atoms with Gasteiger partial charge < -0.3 is 14.0 Å². The number of alkyl halides is 2. The minimum absolute atomic E-state index is 0.0437. The first-order chi connectivity index (χ1) is 8.71. The lowest BCUT2D eigenvalue weighted by atomic mass is 9.79. The molecule has 0 unspecified atom stereocenters. The second kappa shape index (κ2) is 4.76. The molecule has 0 atom stereocenters. The smallest absolute Gasteiger partial charge is 0.435 e. The van der Waals surface area contributed by atoms with Gasteiger partial charge in [0.05, 0.1) is 11.2 Å². The van der Waals surface area contributed by atoms with Crippen LogP contribution < -0.4 is 10.2 Å². The van der Waals surface area contributed by atoms with Gasteiger partial charge in [0, 0.05) is 0 Å². The van der Waals surface area contributed by atoms with Crippen LogP contribution >= 0.6 is 0 Å². The maximum absolute atomic E-state index is 12.2. The molecule has 3 nitrogen and oxygen atoms in total. The summed E-state index contributed by atoms with van der Waals surface area (Å²) in [6, 6.07) is 7.21. The molecule has 1 aromatic carbocycles. The van der Waals surface area contributed by atoms with Crippen molar-refractivity contribution in [2.24, 2.45) is 0 Å². The Kier molecular flexibility index (Phi) is 3.58. The summed E-state index contributed by atoms with van der Waals surface area (Å²) in [4.78, 5) is 0. The Bertz CT molecular complexity index is 447. The van der Waals surface area contributed by atoms with Crippen LogP contribution in [-0.4, -0.2) is 24.9 Å². The van der Waals surface area contributed by atoms with Crippen LogP contribution in [0.25, 0.3) is 0 Å². The van der Waals surface area contributed by atoms with Crippen LogP contribution in [0.15, 0.2) is 18.2 Å². The van der Waals surface area contributed by atoms with Gasteiger partial charge in [-0.05, 0) is 51.4 Å². The highest BCUT2D eigenvalue weighted by Gasteiger charge is 2.51. The van der Waals surface area contributed by atoms with E-state index in [4.69, 9.17) is 9.31 Å². The van der Waals surface area contributed by atoms with Crippen molar-refractivity contribution in [3.63, 3.8) is 0 Å². The molecule has 0 N–H and O–H groups in total. The lowest BCUT2D eigenvalue weighted by Crippen LogP contribution is -2.41.